The standard InChI is InChI=1S/C16H26N6O2/c1-19-14(13-3-2-4-13)17-18-15(19)20-5-7-21(8-6-20)16(23)22-9-11-24-12-10-22/h13H,2-12H2,1H3. The Morgan fingerprint density at radius 2 is 1.67 bits per heavy atom. The van der Waals surface area contributed by atoms with Crippen LogP contribution in [0.3, 0.4) is 0 Å². The number of ether oxygens (including phenoxy) is 1. The van der Waals surface area contributed by atoms with Crippen molar-refractivity contribution in [1.82, 2.24) is 24.6 Å². The van der Waals surface area contributed by atoms with Crippen molar-refractivity contribution in [2.24, 2.45) is 7.05 Å². The number of carbonyl (C=O) groups is 1. The van der Waals surface area contributed by atoms with Crippen molar-refractivity contribution in [3.8, 4) is 0 Å². The molecular formula is C16H26N6O2. The highest BCUT2D eigenvalue weighted by Gasteiger charge is 2.30. The lowest BCUT2D eigenvalue weighted by atomic mass is 9.85. The number of piperazine rings is 1. The van der Waals surface area contributed by atoms with Crippen LogP contribution in [-0.2, 0) is 11.8 Å². The molecule has 3 fully saturated rings. The summed E-state index contributed by atoms with van der Waals surface area (Å²) in [6, 6.07) is 0.145. The number of rotatable bonds is 2. The summed E-state index contributed by atoms with van der Waals surface area (Å²) in [7, 11) is 2.06. The monoisotopic (exact) mass is 334 g/mol. The summed E-state index contributed by atoms with van der Waals surface area (Å²) in [4.78, 5) is 18.6. The molecule has 0 atom stereocenters. The third-order valence-electron chi connectivity index (χ3n) is 5.47. The number of amides is 2. The molecule has 8 nitrogen and oxygen atoms in total. The van der Waals surface area contributed by atoms with E-state index < -0.39 is 0 Å². The molecular weight excluding hydrogens is 308 g/mol. The van der Waals surface area contributed by atoms with E-state index in [1.807, 2.05) is 9.80 Å². The molecule has 1 saturated carbocycles. The molecule has 24 heavy (non-hydrogen) atoms. The first-order valence-electron chi connectivity index (χ1n) is 9.00. The molecule has 0 spiro atoms. The van der Waals surface area contributed by atoms with E-state index in [0.717, 1.165) is 38.0 Å². The van der Waals surface area contributed by atoms with Gasteiger partial charge in [0.15, 0.2) is 0 Å². The molecule has 0 unspecified atom stereocenters. The van der Waals surface area contributed by atoms with Crippen LogP contribution < -0.4 is 4.90 Å². The highest BCUT2D eigenvalue weighted by Crippen LogP contribution is 2.36. The highest BCUT2D eigenvalue weighted by atomic mass is 16.5. The van der Waals surface area contributed by atoms with E-state index in [1.54, 1.807) is 0 Å². The van der Waals surface area contributed by atoms with Crippen molar-refractivity contribution >= 4 is 12.0 Å². The average Bonchev–Trinajstić information content (AvgIpc) is 2.95. The zero-order valence-electron chi connectivity index (χ0n) is 14.4. The molecule has 2 saturated heterocycles. The first kappa shape index (κ1) is 15.7. The number of carbonyl (C=O) groups excluding carboxylic acids is 1. The fourth-order valence-electron chi connectivity index (χ4n) is 3.68. The summed E-state index contributed by atoms with van der Waals surface area (Å²) in [5.74, 6) is 2.64. The van der Waals surface area contributed by atoms with Crippen LogP contribution in [0.25, 0.3) is 0 Å². The van der Waals surface area contributed by atoms with E-state index in [-0.39, 0.29) is 6.03 Å². The van der Waals surface area contributed by atoms with Gasteiger partial charge in [0.25, 0.3) is 0 Å². The summed E-state index contributed by atoms with van der Waals surface area (Å²) in [5, 5.41) is 8.82. The molecule has 132 valence electrons. The topological polar surface area (TPSA) is 66.7 Å². The Kier molecular flexibility index (Phi) is 4.30. The number of hydrogen-bond donors (Lipinski definition) is 0. The Labute approximate surface area is 142 Å². The van der Waals surface area contributed by atoms with Gasteiger partial charge in [0.2, 0.25) is 5.95 Å². The van der Waals surface area contributed by atoms with Gasteiger partial charge in [-0.2, -0.15) is 0 Å². The maximum atomic E-state index is 12.5. The van der Waals surface area contributed by atoms with Crippen LogP contribution in [0, 0.1) is 0 Å². The summed E-state index contributed by atoms with van der Waals surface area (Å²) in [6.07, 6.45) is 3.76. The zero-order chi connectivity index (χ0) is 16.5. The van der Waals surface area contributed by atoms with Crippen LogP contribution in [0.4, 0.5) is 10.7 Å². The van der Waals surface area contributed by atoms with Crippen LogP contribution in [0.1, 0.15) is 31.0 Å². The Morgan fingerprint density at radius 1 is 1.00 bits per heavy atom. The molecule has 0 radical (unpaired) electrons. The van der Waals surface area contributed by atoms with E-state index in [4.69, 9.17) is 4.74 Å². The molecule has 3 heterocycles. The molecule has 8 heteroatoms. The Hall–Kier alpha value is -1.83. The number of hydrogen-bond acceptors (Lipinski definition) is 5. The lowest BCUT2D eigenvalue weighted by molar-refractivity contribution is 0.0428. The summed E-state index contributed by atoms with van der Waals surface area (Å²) >= 11 is 0. The van der Waals surface area contributed by atoms with Crippen LogP contribution in [0.5, 0.6) is 0 Å². The molecule has 4 rings (SSSR count). The fraction of sp³-hybridized carbons (Fsp3) is 0.812. The van der Waals surface area contributed by atoms with Crippen molar-refractivity contribution in [3.63, 3.8) is 0 Å². The van der Waals surface area contributed by atoms with Crippen molar-refractivity contribution in [2.75, 3.05) is 57.4 Å². The first-order valence-corrected chi connectivity index (χ1v) is 9.00. The second kappa shape index (κ2) is 6.58. The predicted octanol–water partition coefficient (Wildman–Crippen LogP) is 0.657. The SMILES string of the molecule is Cn1c(C2CCC2)nnc1N1CCN(C(=O)N2CCOCC2)CC1. The largest absolute Gasteiger partial charge is 0.378 e. The second-order valence-electron chi connectivity index (χ2n) is 6.90. The Balaban J connectivity index is 1.36. The van der Waals surface area contributed by atoms with Gasteiger partial charge in [-0.3, -0.25) is 0 Å². The van der Waals surface area contributed by atoms with Crippen molar-refractivity contribution in [2.45, 2.75) is 25.2 Å². The molecule has 1 aromatic heterocycles. The van der Waals surface area contributed by atoms with Gasteiger partial charge >= 0.3 is 6.03 Å². The van der Waals surface area contributed by atoms with Gasteiger partial charge in [-0.15, -0.1) is 10.2 Å². The quantitative estimate of drug-likeness (QED) is 0.795. The van der Waals surface area contributed by atoms with Gasteiger partial charge in [-0.05, 0) is 12.8 Å². The molecule has 1 aliphatic carbocycles. The van der Waals surface area contributed by atoms with E-state index in [0.29, 0.717) is 32.2 Å². The smallest absolute Gasteiger partial charge is 0.320 e. The van der Waals surface area contributed by atoms with Gasteiger partial charge in [-0.1, -0.05) is 6.42 Å². The minimum Gasteiger partial charge on any atom is -0.378 e. The lowest BCUT2D eigenvalue weighted by Crippen LogP contribution is -2.55. The molecule has 0 N–H and O–H groups in total. The summed E-state index contributed by atoms with van der Waals surface area (Å²) in [6.45, 7) is 5.80. The number of nitrogens with zero attached hydrogens (tertiary/aromatic N) is 6. The molecule has 0 bridgehead atoms. The Morgan fingerprint density at radius 3 is 2.29 bits per heavy atom. The van der Waals surface area contributed by atoms with Crippen molar-refractivity contribution in [3.05, 3.63) is 5.82 Å². The van der Waals surface area contributed by atoms with Gasteiger partial charge < -0.3 is 24.0 Å². The van der Waals surface area contributed by atoms with Gasteiger partial charge in [-0.25, -0.2) is 4.79 Å². The minimum absolute atomic E-state index is 0.145. The van der Waals surface area contributed by atoms with Gasteiger partial charge in [0, 0.05) is 52.2 Å². The third-order valence-corrected chi connectivity index (χ3v) is 5.47. The van der Waals surface area contributed by atoms with Crippen LogP contribution >= 0.6 is 0 Å². The van der Waals surface area contributed by atoms with E-state index >= 15 is 0 Å². The molecule has 3 aliphatic rings. The van der Waals surface area contributed by atoms with Gasteiger partial charge in [0.05, 0.1) is 13.2 Å². The summed E-state index contributed by atoms with van der Waals surface area (Å²) < 4.78 is 7.46. The van der Waals surface area contributed by atoms with E-state index in [9.17, 15) is 4.79 Å². The molecule has 0 aromatic carbocycles. The number of urea groups is 1. The van der Waals surface area contributed by atoms with Crippen LogP contribution in [0.2, 0.25) is 0 Å². The van der Waals surface area contributed by atoms with E-state index in [2.05, 4.69) is 26.7 Å². The first-order chi connectivity index (χ1) is 11.7. The van der Waals surface area contributed by atoms with Crippen molar-refractivity contribution < 1.29 is 9.53 Å². The molecule has 1 aromatic rings. The molecule has 2 amide bonds. The van der Waals surface area contributed by atoms with Crippen LogP contribution in [0.15, 0.2) is 0 Å². The average molecular weight is 334 g/mol. The Bertz CT molecular complexity index is 585. The van der Waals surface area contributed by atoms with E-state index in [1.165, 1.54) is 19.3 Å². The third kappa shape index (κ3) is 2.83. The molecule has 2 aliphatic heterocycles. The second-order valence-corrected chi connectivity index (χ2v) is 6.90. The predicted molar refractivity (Wildman–Crippen MR) is 89.2 cm³/mol. The lowest BCUT2D eigenvalue weighted by Gasteiger charge is -2.38. The maximum absolute atomic E-state index is 12.5. The van der Waals surface area contributed by atoms with Crippen LogP contribution in [-0.4, -0.2) is 83.1 Å². The van der Waals surface area contributed by atoms with Gasteiger partial charge in [0.1, 0.15) is 5.82 Å². The minimum atomic E-state index is 0.145. The zero-order valence-corrected chi connectivity index (χ0v) is 14.4. The summed E-state index contributed by atoms with van der Waals surface area (Å²) in [5.41, 5.74) is 0. The number of anilines is 1. The number of aromatic nitrogens is 3. The maximum Gasteiger partial charge on any atom is 0.320 e. The number of morpholine rings is 1. The highest BCUT2D eigenvalue weighted by molar-refractivity contribution is 5.75. The van der Waals surface area contributed by atoms with Crippen molar-refractivity contribution in [1.29, 1.82) is 0 Å². The normalized spacial score (nSPS) is 22.6. The fourth-order valence-corrected chi connectivity index (χ4v) is 3.68.